The monoisotopic (exact) mass is 754 g/mol. The second-order valence-corrected chi connectivity index (χ2v) is 16.2. The SMILES string of the molecule is CC1(C)c2ccccc2N(c2c(-c3ccc4ccccc4c3)ccc3ccccc23)c2ccc(-c3cccc(N(c4ccccc4)c4ccc5ccccc5c4)c3)cc21. The zero-order chi connectivity index (χ0) is 39.5. The summed E-state index contributed by atoms with van der Waals surface area (Å²) < 4.78 is 0. The van der Waals surface area contributed by atoms with Crippen molar-refractivity contribution in [3.05, 3.63) is 230 Å². The molecule has 2 heteroatoms. The Hall–Kier alpha value is -7.42. The van der Waals surface area contributed by atoms with Crippen molar-refractivity contribution >= 4 is 66.4 Å². The first-order valence-electron chi connectivity index (χ1n) is 20.5. The Labute approximate surface area is 345 Å². The second kappa shape index (κ2) is 13.9. The van der Waals surface area contributed by atoms with Gasteiger partial charge in [0.1, 0.15) is 0 Å². The van der Waals surface area contributed by atoms with E-state index in [0.717, 1.165) is 17.1 Å². The molecule has 2 nitrogen and oxygen atoms in total. The van der Waals surface area contributed by atoms with Gasteiger partial charge in [-0.3, -0.25) is 0 Å². The van der Waals surface area contributed by atoms with Crippen molar-refractivity contribution in [1.29, 1.82) is 0 Å². The maximum atomic E-state index is 2.54. The molecule has 0 amide bonds. The molecule has 0 atom stereocenters. The summed E-state index contributed by atoms with van der Waals surface area (Å²) in [5.74, 6) is 0. The molecule has 10 aromatic rings. The van der Waals surface area contributed by atoms with Crippen LogP contribution < -0.4 is 9.80 Å². The lowest BCUT2D eigenvalue weighted by atomic mass is 9.72. The molecule has 59 heavy (non-hydrogen) atoms. The number of hydrogen-bond acceptors (Lipinski definition) is 2. The van der Waals surface area contributed by atoms with Crippen molar-refractivity contribution in [2.24, 2.45) is 0 Å². The van der Waals surface area contributed by atoms with Crippen LogP contribution in [0.25, 0.3) is 54.6 Å². The van der Waals surface area contributed by atoms with Gasteiger partial charge in [-0.15, -0.1) is 0 Å². The highest BCUT2D eigenvalue weighted by molar-refractivity contribution is 6.08. The van der Waals surface area contributed by atoms with Gasteiger partial charge in [0.2, 0.25) is 0 Å². The molecule has 0 aliphatic carbocycles. The summed E-state index contributed by atoms with van der Waals surface area (Å²) in [5.41, 5.74) is 14.1. The first kappa shape index (κ1) is 34.8. The highest BCUT2D eigenvalue weighted by Crippen LogP contribution is 2.55. The van der Waals surface area contributed by atoms with E-state index in [1.165, 1.54) is 82.8 Å². The van der Waals surface area contributed by atoms with Crippen LogP contribution in [0, 0.1) is 0 Å². The van der Waals surface area contributed by atoms with E-state index in [4.69, 9.17) is 0 Å². The molecule has 0 saturated carbocycles. The number of hydrogen-bond donors (Lipinski definition) is 0. The van der Waals surface area contributed by atoms with Crippen LogP contribution in [0.2, 0.25) is 0 Å². The third-order valence-electron chi connectivity index (χ3n) is 12.4. The van der Waals surface area contributed by atoms with Crippen molar-refractivity contribution in [3.8, 4) is 22.3 Å². The normalized spacial score (nSPS) is 13.0. The lowest BCUT2D eigenvalue weighted by Gasteiger charge is -2.43. The molecule has 0 radical (unpaired) electrons. The van der Waals surface area contributed by atoms with Crippen molar-refractivity contribution in [2.45, 2.75) is 19.3 Å². The van der Waals surface area contributed by atoms with Gasteiger partial charge in [0.05, 0.1) is 17.1 Å². The Kier molecular flexibility index (Phi) is 8.20. The van der Waals surface area contributed by atoms with Crippen LogP contribution in [0.3, 0.4) is 0 Å². The smallest absolute Gasteiger partial charge is 0.0618 e. The van der Waals surface area contributed by atoms with Crippen LogP contribution in [0.5, 0.6) is 0 Å². The van der Waals surface area contributed by atoms with Gasteiger partial charge in [0, 0.05) is 33.4 Å². The quantitative estimate of drug-likeness (QED) is 0.167. The zero-order valence-corrected chi connectivity index (χ0v) is 33.2. The highest BCUT2D eigenvalue weighted by atomic mass is 15.2. The number of nitrogens with zero attached hydrogens (tertiary/aromatic N) is 2. The molecule has 0 bridgehead atoms. The topological polar surface area (TPSA) is 6.48 Å². The first-order chi connectivity index (χ1) is 29.0. The van der Waals surface area contributed by atoms with E-state index >= 15 is 0 Å². The van der Waals surface area contributed by atoms with Crippen LogP contribution in [-0.2, 0) is 5.41 Å². The maximum Gasteiger partial charge on any atom is 0.0618 e. The second-order valence-electron chi connectivity index (χ2n) is 16.2. The summed E-state index contributed by atoms with van der Waals surface area (Å²) in [6.07, 6.45) is 0. The standard InChI is InChI=1S/C57H42N2/c1-57(2)52-25-12-13-26-54(52)59(56-50-24-11-10-17-41(50)30-33-51(56)46-28-27-39-15-6-8-18-42(39)35-46)55-34-31-45(38-53(55)57)44-20-14-23-48(37-44)58(47-21-4-3-5-22-47)49-32-29-40-16-7-9-19-43(40)36-49/h3-38H,1-2H3. The molecule has 0 N–H and O–H groups in total. The van der Waals surface area contributed by atoms with Crippen molar-refractivity contribution in [3.63, 3.8) is 0 Å². The Morgan fingerprint density at radius 3 is 1.75 bits per heavy atom. The number of fused-ring (bicyclic) bond motifs is 5. The number of para-hydroxylation sites is 2. The van der Waals surface area contributed by atoms with Crippen LogP contribution in [0.4, 0.5) is 34.1 Å². The predicted molar refractivity (Wildman–Crippen MR) is 251 cm³/mol. The molecule has 0 fully saturated rings. The molecule has 10 aromatic carbocycles. The molecule has 1 aliphatic heterocycles. The van der Waals surface area contributed by atoms with E-state index in [9.17, 15) is 0 Å². The van der Waals surface area contributed by atoms with Crippen LogP contribution in [0.1, 0.15) is 25.0 Å². The van der Waals surface area contributed by atoms with Crippen LogP contribution in [0.15, 0.2) is 218 Å². The summed E-state index contributed by atoms with van der Waals surface area (Å²) in [7, 11) is 0. The lowest BCUT2D eigenvalue weighted by molar-refractivity contribution is 0.632. The van der Waals surface area contributed by atoms with Gasteiger partial charge in [-0.1, -0.05) is 172 Å². The van der Waals surface area contributed by atoms with E-state index in [2.05, 4.69) is 242 Å². The van der Waals surface area contributed by atoms with Gasteiger partial charge in [-0.25, -0.2) is 0 Å². The minimum absolute atomic E-state index is 0.259. The van der Waals surface area contributed by atoms with E-state index < -0.39 is 0 Å². The lowest BCUT2D eigenvalue weighted by Crippen LogP contribution is -2.31. The zero-order valence-electron chi connectivity index (χ0n) is 33.2. The van der Waals surface area contributed by atoms with Gasteiger partial charge in [-0.05, 0) is 115 Å². The Morgan fingerprint density at radius 2 is 0.932 bits per heavy atom. The molecule has 0 aromatic heterocycles. The summed E-state index contributed by atoms with van der Waals surface area (Å²) in [6, 6.07) is 80.1. The molecule has 1 heterocycles. The fourth-order valence-electron chi connectivity index (χ4n) is 9.37. The Bertz CT molecular complexity index is 3210. The van der Waals surface area contributed by atoms with Crippen LogP contribution >= 0.6 is 0 Å². The largest absolute Gasteiger partial charge is 0.310 e. The third kappa shape index (κ3) is 5.87. The predicted octanol–water partition coefficient (Wildman–Crippen LogP) is 16.1. The number of anilines is 6. The molecule has 0 spiro atoms. The summed E-state index contributed by atoms with van der Waals surface area (Å²) in [5, 5.41) is 7.39. The minimum atomic E-state index is -0.259. The van der Waals surface area contributed by atoms with Gasteiger partial charge in [0.25, 0.3) is 0 Å². The minimum Gasteiger partial charge on any atom is -0.310 e. The summed E-state index contributed by atoms with van der Waals surface area (Å²) in [4.78, 5) is 4.91. The average molecular weight is 755 g/mol. The fourth-order valence-corrected chi connectivity index (χ4v) is 9.37. The van der Waals surface area contributed by atoms with Crippen molar-refractivity contribution in [1.82, 2.24) is 0 Å². The van der Waals surface area contributed by atoms with Gasteiger partial charge in [0.15, 0.2) is 0 Å². The molecule has 280 valence electrons. The first-order valence-corrected chi connectivity index (χ1v) is 20.5. The van der Waals surface area contributed by atoms with Gasteiger partial charge >= 0.3 is 0 Å². The summed E-state index contributed by atoms with van der Waals surface area (Å²) in [6.45, 7) is 4.76. The maximum absolute atomic E-state index is 2.54. The third-order valence-corrected chi connectivity index (χ3v) is 12.4. The van der Waals surface area contributed by atoms with Crippen molar-refractivity contribution in [2.75, 3.05) is 9.80 Å². The number of rotatable bonds is 6. The van der Waals surface area contributed by atoms with Gasteiger partial charge < -0.3 is 9.80 Å². The Balaban J connectivity index is 1.09. The Morgan fingerprint density at radius 1 is 0.356 bits per heavy atom. The van der Waals surface area contributed by atoms with Crippen molar-refractivity contribution < 1.29 is 0 Å². The fraction of sp³-hybridized carbons (Fsp3) is 0.0526. The highest BCUT2D eigenvalue weighted by Gasteiger charge is 2.38. The molecular weight excluding hydrogens is 713 g/mol. The van der Waals surface area contributed by atoms with E-state index in [1.807, 2.05) is 0 Å². The molecule has 11 rings (SSSR count). The molecule has 0 unspecified atom stereocenters. The van der Waals surface area contributed by atoms with E-state index in [0.29, 0.717) is 0 Å². The van der Waals surface area contributed by atoms with E-state index in [1.54, 1.807) is 0 Å². The van der Waals surface area contributed by atoms with Gasteiger partial charge in [-0.2, -0.15) is 0 Å². The molecule has 0 saturated heterocycles. The number of benzene rings is 10. The van der Waals surface area contributed by atoms with Crippen LogP contribution in [-0.4, -0.2) is 0 Å². The molecular formula is C57H42N2. The average Bonchev–Trinajstić information content (AvgIpc) is 3.29. The summed E-state index contributed by atoms with van der Waals surface area (Å²) >= 11 is 0. The van der Waals surface area contributed by atoms with E-state index in [-0.39, 0.29) is 5.41 Å². The molecule has 1 aliphatic rings.